The van der Waals surface area contributed by atoms with Crippen LogP contribution in [0.25, 0.3) is 0 Å². The van der Waals surface area contributed by atoms with Crippen LogP contribution in [0.2, 0.25) is 0 Å². The first-order valence-electron chi connectivity index (χ1n) is 6.21. The summed E-state index contributed by atoms with van der Waals surface area (Å²) in [6, 6.07) is 2.05. The maximum atomic E-state index is 11.7. The summed E-state index contributed by atoms with van der Waals surface area (Å²) in [5.41, 5.74) is 1.22. The highest BCUT2D eigenvalue weighted by Crippen LogP contribution is 2.32. The van der Waals surface area contributed by atoms with Crippen LogP contribution in [-0.4, -0.2) is 18.6 Å². The van der Waals surface area contributed by atoms with Crippen LogP contribution in [0.15, 0.2) is 16.3 Å². The molecule has 0 unspecified atom stereocenters. The van der Waals surface area contributed by atoms with Crippen LogP contribution in [0, 0.1) is 11.3 Å². The third-order valence-corrected chi connectivity index (χ3v) is 3.13. The third kappa shape index (κ3) is 3.82. The molecule has 0 bridgehead atoms. The average molecular weight is 236 g/mol. The fraction of sp³-hybridized carbons (Fsp3) is 0.692. The van der Waals surface area contributed by atoms with Crippen LogP contribution in [0.4, 0.5) is 0 Å². The molecule has 0 atom stereocenters. The molecule has 1 aliphatic carbocycles. The minimum Gasteiger partial charge on any atom is -0.463 e. The van der Waals surface area contributed by atoms with Crippen LogP contribution < -0.4 is 0 Å². The number of esters is 1. The number of carbonyl (C=O) groups is 1. The Kier molecular flexibility index (Phi) is 5.64. The van der Waals surface area contributed by atoms with Crippen LogP contribution >= 0.6 is 0 Å². The molecule has 0 spiro atoms. The van der Waals surface area contributed by atoms with Crippen LogP contribution in [0.1, 0.15) is 46.0 Å². The van der Waals surface area contributed by atoms with Gasteiger partial charge in [0.25, 0.3) is 0 Å². The van der Waals surface area contributed by atoms with Gasteiger partial charge in [0.05, 0.1) is 23.9 Å². The Labute approximate surface area is 102 Å². The van der Waals surface area contributed by atoms with Gasteiger partial charge in [-0.1, -0.05) is 19.3 Å². The molecule has 4 nitrogen and oxygen atoms in total. The lowest BCUT2D eigenvalue weighted by atomic mass is 9.85. The highest BCUT2D eigenvalue weighted by Gasteiger charge is 2.22. The summed E-state index contributed by atoms with van der Waals surface area (Å²) in [6.07, 6.45) is 5.65. The highest BCUT2D eigenvalue weighted by molar-refractivity contribution is 5.88. The summed E-state index contributed by atoms with van der Waals surface area (Å²) < 4.78 is 4.98. The molecule has 17 heavy (non-hydrogen) atoms. The van der Waals surface area contributed by atoms with E-state index < -0.39 is 0 Å². The van der Waals surface area contributed by atoms with E-state index in [2.05, 4.69) is 11.0 Å². The number of hydrogen-bond donors (Lipinski definition) is 1. The molecule has 0 aromatic rings. The zero-order valence-corrected chi connectivity index (χ0v) is 10.6. The molecular formula is C13H20N2O2. The Hall–Kier alpha value is -1.41. The minimum atomic E-state index is -0.327. The standard InChI is InChI=1S/C13H20N2O2/c1-3-17-13(16)10(2)12(15-9-14)11-7-5-4-6-8-11/h11,14H,3-8H2,1-2H3. The van der Waals surface area contributed by atoms with Crippen molar-refractivity contribution in [2.45, 2.75) is 46.0 Å². The monoisotopic (exact) mass is 236 g/mol. The van der Waals surface area contributed by atoms with E-state index in [4.69, 9.17) is 10.1 Å². The Morgan fingerprint density at radius 2 is 2.06 bits per heavy atom. The topological polar surface area (TPSA) is 62.5 Å². The molecule has 94 valence electrons. The van der Waals surface area contributed by atoms with Crippen molar-refractivity contribution in [1.29, 1.82) is 5.41 Å². The number of nitrogens with zero attached hydrogens (tertiary/aromatic N) is 1. The largest absolute Gasteiger partial charge is 0.463 e. The van der Waals surface area contributed by atoms with E-state index >= 15 is 0 Å². The summed E-state index contributed by atoms with van der Waals surface area (Å²) in [6.45, 7) is 3.87. The molecule has 0 radical (unpaired) electrons. The number of hydrogen-bond acceptors (Lipinski definition) is 4. The number of carbonyl (C=O) groups excluding carboxylic acids is 1. The minimum absolute atomic E-state index is 0.283. The molecule has 0 heterocycles. The fourth-order valence-corrected chi connectivity index (χ4v) is 2.26. The van der Waals surface area contributed by atoms with E-state index in [-0.39, 0.29) is 11.9 Å². The summed E-state index contributed by atoms with van der Waals surface area (Å²) in [4.78, 5) is 15.6. The normalized spacial score (nSPS) is 18.0. The number of ether oxygens (including phenoxy) is 1. The second-order valence-electron chi connectivity index (χ2n) is 4.29. The molecule has 0 saturated heterocycles. The molecular weight excluding hydrogens is 216 g/mol. The van der Waals surface area contributed by atoms with Gasteiger partial charge in [-0.25, -0.2) is 10.2 Å². The third-order valence-electron chi connectivity index (χ3n) is 3.13. The summed E-state index contributed by atoms with van der Waals surface area (Å²) in [5, 5.41) is 6.98. The average Bonchev–Trinajstić information content (AvgIpc) is 2.36. The van der Waals surface area contributed by atoms with Crippen molar-refractivity contribution < 1.29 is 9.53 Å². The van der Waals surface area contributed by atoms with Crippen LogP contribution in [-0.2, 0) is 9.53 Å². The zero-order chi connectivity index (χ0) is 12.7. The molecule has 1 rings (SSSR count). The second-order valence-corrected chi connectivity index (χ2v) is 4.29. The van der Waals surface area contributed by atoms with Gasteiger partial charge in [-0.15, -0.1) is 0 Å². The van der Waals surface area contributed by atoms with Crippen LogP contribution in [0.5, 0.6) is 0 Å². The van der Waals surface area contributed by atoms with Crippen molar-refractivity contribution in [2.75, 3.05) is 6.61 Å². The lowest BCUT2D eigenvalue weighted by molar-refractivity contribution is -0.138. The summed E-state index contributed by atoms with van der Waals surface area (Å²) in [5.74, 6) is -0.0434. The second kappa shape index (κ2) is 7.02. The van der Waals surface area contributed by atoms with Crippen LogP contribution in [0.3, 0.4) is 0 Å². The molecule has 0 amide bonds. The van der Waals surface area contributed by atoms with Gasteiger partial charge in [-0.05, 0) is 26.7 Å². The van der Waals surface area contributed by atoms with Gasteiger partial charge in [0, 0.05) is 5.92 Å². The molecule has 0 aliphatic heterocycles. The molecule has 4 heteroatoms. The lowest BCUT2D eigenvalue weighted by Crippen LogP contribution is -2.14. The van der Waals surface area contributed by atoms with Gasteiger partial charge in [0.1, 0.15) is 0 Å². The molecule has 1 N–H and O–H groups in total. The lowest BCUT2D eigenvalue weighted by Gasteiger charge is -2.22. The van der Waals surface area contributed by atoms with Gasteiger partial charge in [0.15, 0.2) is 0 Å². The first kappa shape index (κ1) is 13.7. The Balaban J connectivity index is 2.92. The number of nitrogens with one attached hydrogen (secondary N) is 1. The molecule has 0 aromatic heterocycles. The Morgan fingerprint density at radius 3 is 2.59 bits per heavy atom. The van der Waals surface area contributed by atoms with Crippen molar-refractivity contribution >= 4 is 12.0 Å². The van der Waals surface area contributed by atoms with E-state index in [1.165, 1.54) is 6.42 Å². The zero-order valence-electron chi connectivity index (χ0n) is 10.6. The quantitative estimate of drug-likeness (QED) is 0.463. The van der Waals surface area contributed by atoms with Crippen molar-refractivity contribution in [3.05, 3.63) is 11.3 Å². The predicted octanol–water partition coefficient (Wildman–Crippen LogP) is 3.16. The van der Waals surface area contributed by atoms with Gasteiger partial charge in [-0.2, -0.15) is 4.99 Å². The summed E-state index contributed by atoms with van der Waals surface area (Å²) >= 11 is 0. The number of rotatable bonds is 4. The van der Waals surface area contributed by atoms with E-state index in [0.29, 0.717) is 17.9 Å². The van der Waals surface area contributed by atoms with Crippen molar-refractivity contribution in [2.24, 2.45) is 10.9 Å². The van der Waals surface area contributed by atoms with E-state index in [9.17, 15) is 4.79 Å². The van der Waals surface area contributed by atoms with Gasteiger partial charge in [0.2, 0.25) is 0 Å². The number of allylic oxidation sites excluding steroid dienone is 1. The van der Waals surface area contributed by atoms with E-state index in [1.54, 1.807) is 13.8 Å². The number of aliphatic imine (C=N–C) groups is 1. The maximum absolute atomic E-state index is 11.7. The smallest absolute Gasteiger partial charge is 0.335 e. The summed E-state index contributed by atoms with van der Waals surface area (Å²) in [7, 11) is 0. The van der Waals surface area contributed by atoms with E-state index in [1.807, 2.05) is 0 Å². The fourth-order valence-electron chi connectivity index (χ4n) is 2.26. The molecule has 1 saturated carbocycles. The van der Waals surface area contributed by atoms with Crippen molar-refractivity contribution in [3.8, 4) is 0 Å². The van der Waals surface area contributed by atoms with E-state index in [0.717, 1.165) is 25.7 Å². The van der Waals surface area contributed by atoms with Crippen molar-refractivity contribution in [1.82, 2.24) is 0 Å². The van der Waals surface area contributed by atoms with Gasteiger partial charge in [-0.3, -0.25) is 0 Å². The molecule has 1 fully saturated rings. The molecule has 1 aliphatic rings. The maximum Gasteiger partial charge on any atom is 0.335 e. The van der Waals surface area contributed by atoms with Gasteiger partial charge >= 0.3 is 5.97 Å². The van der Waals surface area contributed by atoms with Gasteiger partial charge < -0.3 is 4.74 Å². The predicted molar refractivity (Wildman–Crippen MR) is 66.1 cm³/mol. The molecule has 0 aromatic carbocycles. The first-order chi connectivity index (χ1) is 8.20. The SMILES string of the molecule is CCOC(=O)C(C)=C(N=C=N)C1CCCCC1. The Morgan fingerprint density at radius 1 is 1.41 bits per heavy atom. The Bertz CT molecular complexity index is 348. The highest BCUT2D eigenvalue weighted by atomic mass is 16.5. The first-order valence-corrected chi connectivity index (χ1v) is 6.21. The van der Waals surface area contributed by atoms with Crippen molar-refractivity contribution in [3.63, 3.8) is 0 Å².